The SMILES string of the molecule is O=C1OC(=O)c2cccc3c2C1=CCC3=O. The van der Waals surface area contributed by atoms with E-state index in [1.54, 1.807) is 18.2 Å². The average Bonchev–Trinajstić information content (AvgIpc) is 2.27. The van der Waals surface area contributed by atoms with Gasteiger partial charge in [-0.2, -0.15) is 0 Å². The molecule has 0 fully saturated rings. The van der Waals surface area contributed by atoms with Crippen LogP contribution in [0.3, 0.4) is 0 Å². The fraction of sp³-hybridized carbons (Fsp3) is 0.0833. The lowest BCUT2D eigenvalue weighted by atomic mass is 9.85. The minimum Gasteiger partial charge on any atom is -0.386 e. The van der Waals surface area contributed by atoms with Crippen LogP contribution in [0.15, 0.2) is 24.3 Å². The quantitative estimate of drug-likeness (QED) is 0.483. The third kappa shape index (κ3) is 1.01. The van der Waals surface area contributed by atoms with Crippen molar-refractivity contribution in [1.29, 1.82) is 0 Å². The molecule has 78 valence electrons. The maximum Gasteiger partial charge on any atom is 0.346 e. The number of carbonyl (C=O) groups excluding carboxylic acids is 3. The molecule has 1 aromatic rings. The van der Waals surface area contributed by atoms with Crippen molar-refractivity contribution < 1.29 is 19.1 Å². The van der Waals surface area contributed by atoms with Gasteiger partial charge in [-0.05, 0) is 6.07 Å². The van der Waals surface area contributed by atoms with Gasteiger partial charge in [-0.1, -0.05) is 18.2 Å². The van der Waals surface area contributed by atoms with E-state index in [-0.39, 0.29) is 17.8 Å². The molecule has 0 bridgehead atoms. The van der Waals surface area contributed by atoms with Crippen molar-refractivity contribution >= 4 is 23.3 Å². The number of carbonyl (C=O) groups is 3. The summed E-state index contributed by atoms with van der Waals surface area (Å²) in [6.07, 6.45) is 1.69. The Kier molecular flexibility index (Phi) is 1.63. The normalized spacial score (nSPS) is 17.8. The maximum atomic E-state index is 11.6. The maximum absolute atomic E-state index is 11.6. The van der Waals surface area contributed by atoms with Crippen molar-refractivity contribution in [3.05, 3.63) is 41.0 Å². The number of hydrogen-bond acceptors (Lipinski definition) is 4. The minimum absolute atomic E-state index is 0.0805. The highest BCUT2D eigenvalue weighted by Gasteiger charge is 2.34. The minimum atomic E-state index is -0.686. The number of rotatable bonds is 0. The second-order valence-electron chi connectivity index (χ2n) is 3.65. The highest BCUT2D eigenvalue weighted by molar-refractivity contribution is 6.30. The fourth-order valence-corrected chi connectivity index (χ4v) is 2.03. The Bertz CT molecular complexity index is 581. The Balaban J connectivity index is 2.40. The van der Waals surface area contributed by atoms with E-state index in [1.165, 1.54) is 6.08 Å². The highest BCUT2D eigenvalue weighted by atomic mass is 16.6. The molecule has 1 heterocycles. The molecule has 0 amide bonds. The number of hydrogen-bond donors (Lipinski definition) is 0. The average molecular weight is 214 g/mol. The molecule has 0 N–H and O–H groups in total. The molecule has 0 radical (unpaired) electrons. The number of esters is 2. The van der Waals surface area contributed by atoms with Crippen LogP contribution in [0.25, 0.3) is 5.57 Å². The molecule has 4 nitrogen and oxygen atoms in total. The van der Waals surface area contributed by atoms with Gasteiger partial charge >= 0.3 is 11.9 Å². The molecule has 3 rings (SSSR count). The van der Waals surface area contributed by atoms with E-state index in [0.717, 1.165) is 0 Å². The van der Waals surface area contributed by atoms with E-state index in [2.05, 4.69) is 4.74 Å². The molecule has 2 aliphatic rings. The Morgan fingerprint density at radius 2 is 1.75 bits per heavy atom. The standard InChI is InChI=1S/C12H6O4/c13-9-5-4-8-10-6(9)2-1-3-7(10)11(14)16-12(8)15/h1-4H,5H2. The molecule has 0 spiro atoms. The monoisotopic (exact) mass is 214 g/mol. The number of benzene rings is 1. The Hall–Kier alpha value is -2.23. The topological polar surface area (TPSA) is 60.4 Å². The van der Waals surface area contributed by atoms with Crippen LogP contribution in [0.1, 0.15) is 32.7 Å². The van der Waals surface area contributed by atoms with Gasteiger partial charge in [0.15, 0.2) is 5.78 Å². The Morgan fingerprint density at radius 3 is 2.56 bits per heavy atom. The van der Waals surface area contributed by atoms with E-state index in [4.69, 9.17) is 0 Å². The summed E-state index contributed by atoms with van der Waals surface area (Å²) in [4.78, 5) is 34.6. The van der Waals surface area contributed by atoms with Crippen LogP contribution in [0.2, 0.25) is 0 Å². The first-order valence-electron chi connectivity index (χ1n) is 4.82. The van der Waals surface area contributed by atoms with Crippen LogP contribution in [-0.2, 0) is 9.53 Å². The lowest BCUT2D eigenvalue weighted by Crippen LogP contribution is -2.26. The first-order valence-corrected chi connectivity index (χ1v) is 4.82. The molecule has 1 aliphatic carbocycles. The molecular weight excluding hydrogens is 208 g/mol. The second-order valence-corrected chi connectivity index (χ2v) is 3.65. The van der Waals surface area contributed by atoms with Crippen molar-refractivity contribution in [2.24, 2.45) is 0 Å². The zero-order chi connectivity index (χ0) is 11.3. The number of Topliss-reactive ketones (excluding diaryl/α,β-unsaturated/α-hetero) is 1. The molecule has 0 saturated carbocycles. The van der Waals surface area contributed by atoms with Crippen molar-refractivity contribution in [2.75, 3.05) is 0 Å². The summed E-state index contributed by atoms with van der Waals surface area (Å²) < 4.78 is 4.58. The summed E-state index contributed by atoms with van der Waals surface area (Å²) in [7, 11) is 0. The second kappa shape index (κ2) is 2.88. The molecule has 0 aromatic heterocycles. The Morgan fingerprint density at radius 1 is 1.00 bits per heavy atom. The van der Waals surface area contributed by atoms with Gasteiger partial charge in [0, 0.05) is 17.5 Å². The Labute approximate surface area is 90.5 Å². The molecule has 4 heteroatoms. The summed E-state index contributed by atoms with van der Waals surface area (Å²) in [6.45, 7) is 0. The van der Waals surface area contributed by atoms with Crippen LogP contribution < -0.4 is 0 Å². The summed E-state index contributed by atoms with van der Waals surface area (Å²) in [5, 5.41) is 0. The fourth-order valence-electron chi connectivity index (χ4n) is 2.03. The number of cyclic esters (lactones) is 2. The number of ether oxygens (including phenoxy) is 1. The van der Waals surface area contributed by atoms with Crippen LogP contribution >= 0.6 is 0 Å². The van der Waals surface area contributed by atoms with E-state index < -0.39 is 11.9 Å². The van der Waals surface area contributed by atoms with E-state index in [9.17, 15) is 14.4 Å². The zero-order valence-electron chi connectivity index (χ0n) is 8.15. The van der Waals surface area contributed by atoms with Gasteiger partial charge in [-0.25, -0.2) is 9.59 Å². The van der Waals surface area contributed by atoms with E-state index >= 15 is 0 Å². The van der Waals surface area contributed by atoms with Gasteiger partial charge in [0.25, 0.3) is 0 Å². The van der Waals surface area contributed by atoms with Crippen molar-refractivity contribution in [3.63, 3.8) is 0 Å². The van der Waals surface area contributed by atoms with Gasteiger partial charge in [0.2, 0.25) is 0 Å². The van der Waals surface area contributed by atoms with Gasteiger partial charge in [0.1, 0.15) is 0 Å². The van der Waals surface area contributed by atoms with Crippen molar-refractivity contribution in [3.8, 4) is 0 Å². The third-order valence-corrected chi connectivity index (χ3v) is 2.75. The van der Waals surface area contributed by atoms with Crippen LogP contribution in [0.4, 0.5) is 0 Å². The molecule has 1 aliphatic heterocycles. The predicted octanol–water partition coefficient (Wildman–Crippen LogP) is 1.35. The summed E-state index contributed by atoms with van der Waals surface area (Å²) in [6, 6.07) is 4.80. The summed E-state index contributed by atoms with van der Waals surface area (Å²) in [5.74, 6) is -1.44. The van der Waals surface area contributed by atoms with Crippen LogP contribution in [-0.4, -0.2) is 17.7 Å². The lowest BCUT2D eigenvalue weighted by Gasteiger charge is -2.22. The first kappa shape index (κ1) is 9.03. The molecule has 0 atom stereocenters. The van der Waals surface area contributed by atoms with E-state index in [1.807, 2.05) is 0 Å². The molecular formula is C12H6O4. The highest BCUT2D eigenvalue weighted by Crippen LogP contribution is 2.34. The smallest absolute Gasteiger partial charge is 0.346 e. The largest absolute Gasteiger partial charge is 0.386 e. The predicted molar refractivity (Wildman–Crippen MR) is 53.8 cm³/mol. The van der Waals surface area contributed by atoms with Crippen LogP contribution in [0.5, 0.6) is 0 Å². The number of allylic oxidation sites excluding steroid dienone is 1. The van der Waals surface area contributed by atoms with Gasteiger partial charge in [-0.15, -0.1) is 0 Å². The van der Waals surface area contributed by atoms with Gasteiger partial charge in [0.05, 0.1) is 11.1 Å². The van der Waals surface area contributed by atoms with Crippen LogP contribution in [0, 0.1) is 0 Å². The zero-order valence-corrected chi connectivity index (χ0v) is 8.15. The molecule has 16 heavy (non-hydrogen) atoms. The van der Waals surface area contributed by atoms with Gasteiger partial charge in [-0.3, -0.25) is 4.79 Å². The first-order chi connectivity index (χ1) is 7.68. The third-order valence-electron chi connectivity index (χ3n) is 2.75. The molecule has 1 aromatic carbocycles. The molecule has 0 unspecified atom stereocenters. The lowest BCUT2D eigenvalue weighted by molar-refractivity contribution is -0.131. The summed E-state index contributed by atoms with van der Waals surface area (Å²) >= 11 is 0. The summed E-state index contributed by atoms with van der Waals surface area (Å²) in [5.41, 5.74) is 1.47. The van der Waals surface area contributed by atoms with E-state index in [0.29, 0.717) is 16.7 Å². The van der Waals surface area contributed by atoms with Crippen molar-refractivity contribution in [1.82, 2.24) is 0 Å². The van der Waals surface area contributed by atoms with Gasteiger partial charge < -0.3 is 4.74 Å². The number of ketones is 1. The molecule has 0 saturated heterocycles. The van der Waals surface area contributed by atoms with Crippen molar-refractivity contribution in [2.45, 2.75) is 6.42 Å².